The SMILES string of the molecule is COCCn1c(-c2ccccc2)cnc1NCc1c[nH]c2ccccc12. The molecule has 132 valence electrons. The number of fused-ring (bicyclic) bond motifs is 1. The van der Waals surface area contributed by atoms with Crippen molar-refractivity contribution in [2.24, 2.45) is 0 Å². The number of methoxy groups -OCH3 is 1. The number of nitrogens with one attached hydrogen (secondary N) is 2. The van der Waals surface area contributed by atoms with Crippen LogP contribution in [0.5, 0.6) is 0 Å². The summed E-state index contributed by atoms with van der Waals surface area (Å²) in [4.78, 5) is 7.93. The minimum atomic E-state index is 0.637. The molecule has 26 heavy (non-hydrogen) atoms. The van der Waals surface area contributed by atoms with E-state index in [0.29, 0.717) is 13.2 Å². The van der Waals surface area contributed by atoms with Gasteiger partial charge >= 0.3 is 0 Å². The first kappa shape index (κ1) is 16.4. The van der Waals surface area contributed by atoms with Crippen molar-refractivity contribution in [2.45, 2.75) is 13.1 Å². The van der Waals surface area contributed by atoms with Crippen molar-refractivity contribution in [1.82, 2.24) is 14.5 Å². The summed E-state index contributed by atoms with van der Waals surface area (Å²) in [5.74, 6) is 0.853. The fraction of sp³-hybridized carbons (Fsp3) is 0.190. The van der Waals surface area contributed by atoms with Gasteiger partial charge < -0.3 is 19.6 Å². The van der Waals surface area contributed by atoms with Crippen molar-refractivity contribution in [1.29, 1.82) is 0 Å². The van der Waals surface area contributed by atoms with Crippen molar-refractivity contribution < 1.29 is 4.74 Å². The summed E-state index contributed by atoms with van der Waals surface area (Å²) in [5.41, 5.74) is 4.61. The molecule has 0 amide bonds. The summed E-state index contributed by atoms with van der Waals surface area (Å²) in [6, 6.07) is 18.6. The highest BCUT2D eigenvalue weighted by Gasteiger charge is 2.12. The van der Waals surface area contributed by atoms with E-state index in [4.69, 9.17) is 4.74 Å². The number of benzene rings is 2. The molecule has 2 aromatic heterocycles. The van der Waals surface area contributed by atoms with Gasteiger partial charge in [0.25, 0.3) is 0 Å². The Kier molecular flexibility index (Phi) is 4.71. The molecule has 2 heterocycles. The van der Waals surface area contributed by atoms with Gasteiger partial charge in [-0.1, -0.05) is 48.5 Å². The Morgan fingerprint density at radius 1 is 1.08 bits per heavy atom. The van der Waals surface area contributed by atoms with Gasteiger partial charge in [-0.15, -0.1) is 0 Å². The Hall–Kier alpha value is -3.05. The second kappa shape index (κ2) is 7.45. The van der Waals surface area contributed by atoms with Gasteiger partial charge in [-0.2, -0.15) is 0 Å². The molecular formula is C21H22N4O. The summed E-state index contributed by atoms with van der Waals surface area (Å²) >= 11 is 0. The van der Waals surface area contributed by atoms with Crippen LogP contribution in [0.3, 0.4) is 0 Å². The number of hydrogen-bond donors (Lipinski definition) is 2. The first-order valence-electron chi connectivity index (χ1n) is 8.75. The van der Waals surface area contributed by atoms with E-state index in [-0.39, 0.29) is 0 Å². The lowest BCUT2D eigenvalue weighted by Gasteiger charge is -2.13. The molecule has 0 unspecified atom stereocenters. The van der Waals surface area contributed by atoms with Crippen LogP contribution in [0.25, 0.3) is 22.2 Å². The third-order valence-corrected chi connectivity index (χ3v) is 4.56. The zero-order valence-corrected chi connectivity index (χ0v) is 14.8. The van der Waals surface area contributed by atoms with Gasteiger partial charge in [-0.05, 0) is 17.2 Å². The maximum Gasteiger partial charge on any atom is 0.203 e. The van der Waals surface area contributed by atoms with Crippen LogP contribution >= 0.6 is 0 Å². The van der Waals surface area contributed by atoms with Gasteiger partial charge in [0.05, 0.1) is 18.5 Å². The van der Waals surface area contributed by atoms with Crippen molar-refractivity contribution in [3.63, 3.8) is 0 Å². The molecule has 0 saturated heterocycles. The molecule has 0 aliphatic rings. The minimum Gasteiger partial charge on any atom is -0.383 e. The molecule has 0 spiro atoms. The Bertz CT molecular complexity index is 988. The van der Waals surface area contributed by atoms with Crippen LogP contribution in [0.1, 0.15) is 5.56 Å². The summed E-state index contributed by atoms with van der Waals surface area (Å²) in [5, 5.41) is 4.72. The van der Waals surface area contributed by atoms with Crippen LogP contribution in [-0.4, -0.2) is 28.3 Å². The smallest absolute Gasteiger partial charge is 0.203 e. The number of ether oxygens (including phenoxy) is 1. The molecule has 0 radical (unpaired) electrons. The number of anilines is 1. The number of aromatic amines is 1. The Morgan fingerprint density at radius 2 is 1.88 bits per heavy atom. The number of para-hydroxylation sites is 1. The fourth-order valence-electron chi connectivity index (χ4n) is 3.22. The average Bonchev–Trinajstić information content (AvgIpc) is 3.29. The predicted octanol–water partition coefficient (Wildman–Crippen LogP) is 4.29. The molecule has 0 aliphatic carbocycles. The lowest BCUT2D eigenvalue weighted by Crippen LogP contribution is -2.11. The van der Waals surface area contributed by atoms with Gasteiger partial charge in [0.2, 0.25) is 5.95 Å². The normalized spacial score (nSPS) is 11.1. The monoisotopic (exact) mass is 346 g/mol. The molecule has 0 atom stereocenters. The number of rotatable bonds is 7. The second-order valence-electron chi connectivity index (χ2n) is 6.19. The first-order valence-corrected chi connectivity index (χ1v) is 8.75. The molecule has 5 nitrogen and oxygen atoms in total. The zero-order valence-electron chi connectivity index (χ0n) is 14.8. The quantitative estimate of drug-likeness (QED) is 0.525. The van der Waals surface area contributed by atoms with E-state index >= 15 is 0 Å². The standard InChI is InChI=1S/C21H22N4O/c1-26-12-11-25-20(16-7-3-2-4-8-16)15-24-21(25)23-14-17-13-22-19-10-6-5-9-18(17)19/h2-10,13,15,22H,11-12,14H2,1H3,(H,23,24). The van der Waals surface area contributed by atoms with E-state index < -0.39 is 0 Å². The topological polar surface area (TPSA) is 54.9 Å². The highest BCUT2D eigenvalue weighted by molar-refractivity contribution is 5.83. The number of imidazole rings is 1. The van der Waals surface area contributed by atoms with Crippen molar-refractivity contribution >= 4 is 16.9 Å². The van der Waals surface area contributed by atoms with Gasteiger partial charge in [0, 0.05) is 37.3 Å². The summed E-state index contributed by atoms with van der Waals surface area (Å²) in [6.45, 7) is 2.09. The molecule has 0 bridgehead atoms. The number of aromatic nitrogens is 3. The molecule has 0 saturated carbocycles. The molecule has 4 rings (SSSR count). The van der Waals surface area contributed by atoms with E-state index in [1.807, 2.05) is 30.5 Å². The molecular weight excluding hydrogens is 324 g/mol. The van der Waals surface area contributed by atoms with Crippen LogP contribution in [0, 0.1) is 0 Å². The highest BCUT2D eigenvalue weighted by atomic mass is 16.5. The second-order valence-corrected chi connectivity index (χ2v) is 6.19. The first-order chi connectivity index (χ1) is 12.9. The molecule has 2 aromatic carbocycles. The van der Waals surface area contributed by atoms with Crippen LogP contribution in [-0.2, 0) is 17.8 Å². The predicted molar refractivity (Wildman–Crippen MR) is 105 cm³/mol. The minimum absolute atomic E-state index is 0.637. The zero-order chi connectivity index (χ0) is 17.8. The van der Waals surface area contributed by atoms with Gasteiger partial charge in [-0.3, -0.25) is 0 Å². The van der Waals surface area contributed by atoms with Crippen molar-refractivity contribution in [3.8, 4) is 11.3 Å². The maximum atomic E-state index is 5.29. The Morgan fingerprint density at radius 3 is 2.73 bits per heavy atom. The van der Waals surface area contributed by atoms with Crippen molar-refractivity contribution in [2.75, 3.05) is 19.0 Å². The van der Waals surface area contributed by atoms with Crippen LogP contribution in [0.15, 0.2) is 67.0 Å². The fourth-order valence-corrected chi connectivity index (χ4v) is 3.22. The molecule has 2 N–H and O–H groups in total. The molecule has 0 fully saturated rings. The number of H-pyrrole nitrogens is 1. The van der Waals surface area contributed by atoms with E-state index in [0.717, 1.165) is 29.3 Å². The third kappa shape index (κ3) is 3.21. The van der Waals surface area contributed by atoms with E-state index in [2.05, 4.69) is 56.4 Å². The lowest BCUT2D eigenvalue weighted by atomic mass is 10.2. The van der Waals surface area contributed by atoms with Crippen LogP contribution in [0.2, 0.25) is 0 Å². The third-order valence-electron chi connectivity index (χ3n) is 4.56. The van der Waals surface area contributed by atoms with Crippen LogP contribution < -0.4 is 5.32 Å². The Labute approximate surface area is 152 Å². The number of nitrogens with zero attached hydrogens (tertiary/aromatic N) is 2. The summed E-state index contributed by atoms with van der Waals surface area (Å²) in [6.07, 6.45) is 3.97. The highest BCUT2D eigenvalue weighted by Crippen LogP contribution is 2.24. The van der Waals surface area contributed by atoms with Gasteiger partial charge in [0.15, 0.2) is 0 Å². The van der Waals surface area contributed by atoms with E-state index in [9.17, 15) is 0 Å². The molecule has 5 heteroatoms. The van der Waals surface area contributed by atoms with Crippen molar-refractivity contribution in [3.05, 3.63) is 72.6 Å². The number of hydrogen-bond acceptors (Lipinski definition) is 3. The largest absolute Gasteiger partial charge is 0.383 e. The summed E-state index contributed by atoms with van der Waals surface area (Å²) < 4.78 is 7.46. The maximum absolute atomic E-state index is 5.29. The van der Waals surface area contributed by atoms with Gasteiger partial charge in [0.1, 0.15) is 0 Å². The molecule has 4 aromatic rings. The van der Waals surface area contributed by atoms with E-state index in [1.54, 1.807) is 7.11 Å². The molecule has 0 aliphatic heterocycles. The van der Waals surface area contributed by atoms with E-state index in [1.165, 1.54) is 10.9 Å². The summed E-state index contributed by atoms with van der Waals surface area (Å²) in [7, 11) is 1.72. The van der Waals surface area contributed by atoms with Crippen LogP contribution in [0.4, 0.5) is 5.95 Å². The Balaban J connectivity index is 1.60. The average molecular weight is 346 g/mol. The lowest BCUT2D eigenvalue weighted by molar-refractivity contribution is 0.188. The van der Waals surface area contributed by atoms with Gasteiger partial charge in [-0.25, -0.2) is 4.98 Å².